The molecule has 5 nitrogen and oxygen atoms in total. The molecule has 0 saturated carbocycles. The van der Waals surface area contributed by atoms with E-state index in [4.69, 9.17) is 10.9 Å². The fourth-order valence-electron chi connectivity index (χ4n) is 1.73. The number of rotatable bonds is 2. The number of nitrogens with zero attached hydrogens (tertiary/aromatic N) is 1. The molecule has 0 radical (unpaired) electrons. The zero-order valence-corrected chi connectivity index (χ0v) is 7.97. The number of benzene rings is 1. The Labute approximate surface area is 86.6 Å². The minimum atomic E-state index is -0.350. The highest BCUT2D eigenvalue weighted by molar-refractivity contribution is 6.05. The molecule has 2 rings (SSSR count). The van der Waals surface area contributed by atoms with Crippen molar-refractivity contribution in [3.8, 4) is 0 Å². The first-order valence-corrected chi connectivity index (χ1v) is 4.58. The summed E-state index contributed by atoms with van der Waals surface area (Å²) in [5.41, 5.74) is 7.09. The van der Waals surface area contributed by atoms with Crippen molar-refractivity contribution in [1.29, 1.82) is 0 Å². The number of carbonyl (C=O) groups is 1. The average Bonchev–Trinajstić information content (AvgIpc) is 2.55. The fraction of sp³-hybridized carbons (Fsp3) is 0.200. The first-order chi connectivity index (χ1) is 7.22. The van der Waals surface area contributed by atoms with Crippen LogP contribution in [0, 0.1) is 0 Å². The maximum absolute atomic E-state index is 11.6. The Hall–Kier alpha value is -2.04. The third kappa shape index (κ3) is 1.63. The third-order valence-electron chi connectivity index (χ3n) is 2.45. The van der Waals surface area contributed by atoms with Crippen molar-refractivity contribution in [1.82, 2.24) is 0 Å². The molecule has 0 bridgehead atoms. The van der Waals surface area contributed by atoms with Crippen molar-refractivity contribution < 1.29 is 10.0 Å². The summed E-state index contributed by atoms with van der Waals surface area (Å²) in [5.74, 6) is -0.397. The van der Waals surface area contributed by atoms with Crippen molar-refractivity contribution in [2.75, 3.05) is 5.32 Å². The van der Waals surface area contributed by atoms with E-state index in [9.17, 15) is 4.79 Å². The number of hydrogen-bond donors (Lipinski definition) is 3. The molecule has 1 amide bonds. The fourth-order valence-corrected chi connectivity index (χ4v) is 1.73. The summed E-state index contributed by atoms with van der Waals surface area (Å²) in [6, 6.07) is 7.41. The van der Waals surface area contributed by atoms with Crippen molar-refractivity contribution in [2.24, 2.45) is 10.9 Å². The molecule has 1 aliphatic heterocycles. The van der Waals surface area contributed by atoms with Gasteiger partial charge in [-0.25, -0.2) is 0 Å². The number of hydrogen-bond acceptors (Lipinski definition) is 3. The smallest absolute Gasteiger partial charge is 0.232 e. The van der Waals surface area contributed by atoms with E-state index >= 15 is 0 Å². The monoisotopic (exact) mass is 205 g/mol. The number of anilines is 1. The second kappa shape index (κ2) is 3.61. The van der Waals surface area contributed by atoms with E-state index in [1.807, 2.05) is 24.3 Å². The third-order valence-corrected chi connectivity index (χ3v) is 2.45. The maximum atomic E-state index is 11.6. The highest BCUT2D eigenvalue weighted by Gasteiger charge is 2.30. The Bertz CT molecular complexity index is 428. The SMILES string of the molecule is N/C(C[C@H]1C(=O)Nc2ccccc21)=N/O. The van der Waals surface area contributed by atoms with Crippen LogP contribution in [0.25, 0.3) is 0 Å². The lowest BCUT2D eigenvalue weighted by Gasteiger charge is -2.06. The number of amides is 1. The molecular formula is C10H11N3O2. The molecule has 15 heavy (non-hydrogen) atoms. The first-order valence-electron chi connectivity index (χ1n) is 4.58. The number of nitrogens with two attached hydrogens (primary N) is 1. The number of amidine groups is 1. The topological polar surface area (TPSA) is 87.7 Å². The van der Waals surface area contributed by atoms with Gasteiger partial charge >= 0.3 is 0 Å². The van der Waals surface area contributed by atoms with E-state index in [0.717, 1.165) is 11.3 Å². The number of carbonyl (C=O) groups excluding carboxylic acids is 1. The van der Waals surface area contributed by atoms with Crippen LogP contribution in [0.2, 0.25) is 0 Å². The van der Waals surface area contributed by atoms with E-state index in [-0.39, 0.29) is 24.1 Å². The molecule has 78 valence electrons. The highest BCUT2D eigenvalue weighted by atomic mass is 16.4. The molecule has 0 spiro atoms. The Morgan fingerprint density at radius 1 is 1.53 bits per heavy atom. The molecular weight excluding hydrogens is 194 g/mol. The van der Waals surface area contributed by atoms with Crippen LogP contribution in [-0.2, 0) is 4.79 Å². The van der Waals surface area contributed by atoms with Crippen LogP contribution in [0.15, 0.2) is 29.4 Å². The Kier molecular flexibility index (Phi) is 2.29. The van der Waals surface area contributed by atoms with Crippen LogP contribution < -0.4 is 11.1 Å². The Balaban J connectivity index is 2.30. The van der Waals surface area contributed by atoms with Gasteiger partial charge in [-0.3, -0.25) is 4.79 Å². The first kappa shape index (κ1) is 9.51. The summed E-state index contributed by atoms with van der Waals surface area (Å²) in [7, 11) is 0. The molecule has 0 fully saturated rings. The molecule has 0 aromatic heterocycles. The highest BCUT2D eigenvalue weighted by Crippen LogP contribution is 2.33. The minimum Gasteiger partial charge on any atom is -0.409 e. The molecule has 1 aromatic rings. The number of para-hydroxylation sites is 1. The Morgan fingerprint density at radius 3 is 3.00 bits per heavy atom. The molecule has 1 atom stereocenters. The van der Waals surface area contributed by atoms with Gasteiger partial charge in [0, 0.05) is 12.1 Å². The van der Waals surface area contributed by atoms with Gasteiger partial charge < -0.3 is 16.3 Å². The van der Waals surface area contributed by atoms with Gasteiger partial charge in [0.25, 0.3) is 0 Å². The average molecular weight is 205 g/mol. The number of fused-ring (bicyclic) bond motifs is 1. The molecule has 1 aromatic carbocycles. The Morgan fingerprint density at radius 2 is 2.27 bits per heavy atom. The summed E-state index contributed by atoms with van der Waals surface area (Å²) in [6.45, 7) is 0. The molecule has 1 heterocycles. The van der Waals surface area contributed by atoms with Crippen molar-refractivity contribution >= 4 is 17.4 Å². The van der Waals surface area contributed by atoms with Crippen LogP contribution >= 0.6 is 0 Å². The van der Waals surface area contributed by atoms with Gasteiger partial charge in [-0.1, -0.05) is 23.4 Å². The van der Waals surface area contributed by atoms with Gasteiger partial charge in [0.05, 0.1) is 5.92 Å². The largest absolute Gasteiger partial charge is 0.409 e. The van der Waals surface area contributed by atoms with E-state index in [2.05, 4.69) is 10.5 Å². The van der Waals surface area contributed by atoms with Crippen LogP contribution in [-0.4, -0.2) is 17.0 Å². The molecule has 0 saturated heterocycles. The quantitative estimate of drug-likeness (QED) is 0.289. The van der Waals surface area contributed by atoms with Gasteiger partial charge in [0.1, 0.15) is 5.84 Å². The van der Waals surface area contributed by atoms with Gasteiger partial charge in [-0.2, -0.15) is 0 Å². The van der Waals surface area contributed by atoms with Crippen LogP contribution in [0.1, 0.15) is 17.9 Å². The second-order valence-electron chi connectivity index (χ2n) is 3.42. The van der Waals surface area contributed by atoms with Crippen LogP contribution in [0.4, 0.5) is 5.69 Å². The lowest BCUT2D eigenvalue weighted by molar-refractivity contribution is -0.116. The zero-order valence-electron chi connectivity index (χ0n) is 7.97. The summed E-state index contributed by atoms with van der Waals surface area (Å²) < 4.78 is 0. The van der Waals surface area contributed by atoms with Gasteiger partial charge in [-0.05, 0) is 11.6 Å². The van der Waals surface area contributed by atoms with E-state index < -0.39 is 0 Å². The van der Waals surface area contributed by atoms with Gasteiger partial charge in [0.15, 0.2) is 0 Å². The predicted octanol–water partition coefficient (Wildman–Crippen LogP) is 0.859. The summed E-state index contributed by atoms with van der Waals surface area (Å²) in [5, 5.41) is 14.1. The summed E-state index contributed by atoms with van der Waals surface area (Å²) >= 11 is 0. The van der Waals surface area contributed by atoms with Crippen LogP contribution in [0.3, 0.4) is 0 Å². The zero-order chi connectivity index (χ0) is 10.8. The van der Waals surface area contributed by atoms with Crippen molar-refractivity contribution in [3.63, 3.8) is 0 Å². The lowest BCUT2D eigenvalue weighted by Crippen LogP contribution is -2.20. The summed E-state index contributed by atoms with van der Waals surface area (Å²) in [4.78, 5) is 11.6. The molecule has 4 N–H and O–H groups in total. The molecule has 0 unspecified atom stereocenters. The van der Waals surface area contributed by atoms with Crippen LogP contribution in [0.5, 0.6) is 0 Å². The number of oxime groups is 1. The number of nitrogens with one attached hydrogen (secondary N) is 1. The standard InChI is InChI=1S/C10H11N3O2/c11-9(13-15)5-7-6-3-1-2-4-8(6)12-10(7)14/h1-4,7,15H,5H2,(H2,11,13)(H,12,14)/t7-/m1/s1. The van der Waals surface area contributed by atoms with Crippen molar-refractivity contribution in [3.05, 3.63) is 29.8 Å². The van der Waals surface area contributed by atoms with E-state index in [0.29, 0.717) is 0 Å². The lowest BCUT2D eigenvalue weighted by atomic mass is 9.97. The van der Waals surface area contributed by atoms with E-state index in [1.165, 1.54) is 0 Å². The van der Waals surface area contributed by atoms with Gasteiger partial charge in [-0.15, -0.1) is 0 Å². The minimum absolute atomic E-state index is 0.0619. The second-order valence-corrected chi connectivity index (χ2v) is 3.42. The van der Waals surface area contributed by atoms with Crippen molar-refractivity contribution in [2.45, 2.75) is 12.3 Å². The molecule has 1 aliphatic rings. The molecule has 0 aliphatic carbocycles. The van der Waals surface area contributed by atoms with Gasteiger partial charge in [0.2, 0.25) is 5.91 Å². The maximum Gasteiger partial charge on any atom is 0.232 e. The van der Waals surface area contributed by atoms with E-state index in [1.54, 1.807) is 0 Å². The normalized spacial score (nSPS) is 19.9. The molecule has 5 heteroatoms. The summed E-state index contributed by atoms with van der Waals surface area (Å²) in [6.07, 6.45) is 0.235. The predicted molar refractivity (Wildman–Crippen MR) is 55.8 cm³/mol.